The van der Waals surface area contributed by atoms with Crippen LogP contribution in [0, 0.1) is 0 Å². The first-order chi connectivity index (χ1) is 7.95. The highest BCUT2D eigenvalue weighted by molar-refractivity contribution is 4.81. The summed E-state index contributed by atoms with van der Waals surface area (Å²) in [5.41, 5.74) is 21.0. The van der Waals surface area contributed by atoms with Gasteiger partial charge in [-0.1, -0.05) is 13.8 Å². The number of hydrogen-bond acceptors (Lipinski definition) is 5. The molecule has 0 aliphatic rings. The fourth-order valence-corrected chi connectivity index (χ4v) is 0.921. The van der Waals surface area contributed by atoms with Gasteiger partial charge in [-0.2, -0.15) is 0 Å². The van der Waals surface area contributed by atoms with Crippen molar-refractivity contribution in [1.82, 2.24) is 0 Å². The topological polar surface area (TPSA) is 113 Å². The predicted molar refractivity (Wildman–Crippen MR) is 77.6 cm³/mol. The lowest BCUT2D eigenvalue weighted by Gasteiger charge is -2.37. The fourth-order valence-electron chi connectivity index (χ4n) is 0.921. The summed E-state index contributed by atoms with van der Waals surface area (Å²) in [6.45, 7) is 4.28. The molecule has 8 N–H and O–H groups in total. The molecule has 0 aliphatic heterocycles. The number of rotatable bonds is 6. The molecule has 0 heterocycles. The minimum Gasteiger partial charge on any atom is -0.338 e. The predicted octanol–water partition coefficient (Wildman–Crippen LogP) is -0.627. The van der Waals surface area contributed by atoms with E-state index in [9.17, 15) is 0 Å². The highest BCUT2D eigenvalue weighted by Gasteiger charge is 2.32. The molecule has 0 fully saturated rings. The second-order valence-corrected chi connectivity index (χ2v) is 6.03. The zero-order chi connectivity index (χ0) is 15.0. The molecule has 2 unspecified atom stereocenters. The van der Waals surface area contributed by atoms with Crippen molar-refractivity contribution in [2.75, 3.05) is 41.3 Å². The van der Waals surface area contributed by atoms with Crippen molar-refractivity contribution in [3.05, 3.63) is 0 Å². The van der Waals surface area contributed by atoms with Crippen molar-refractivity contribution < 1.29 is 9.22 Å². The Morgan fingerprint density at radius 3 is 1.17 bits per heavy atom. The summed E-state index contributed by atoms with van der Waals surface area (Å²) < 4.78 is 6.53. The van der Waals surface area contributed by atoms with Gasteiger partial charge < -0.3 is 32.2 Å². The average molecular weight is 264 g/mol. The molecule has 0 aromatic carbocycles. The Balaban J connectivity index is 0. The molecule has 6 heteroatoms. The zero-order valence-electron chi connectivity index (χ0n) is 13.0. The Morgan fingerprint density at radius 1 is 0.833 bits per heavy atom. The smallest absolute Gasteiger partial charge is 0.131 e. The fraction of sp³-hybridized carbons (Fsp3) is 1.00. The van der Waals surface area contributed by atoms with Crippen molar-refractivity contribution in [3.63, 3.8) is 0 Å². The summed E-state index contributed by atoms with van der Waals surface area (Å²) in [5, 5.41) is 0. The summed E-state index contributed by atoms with van der Waals surface area (Å²) in [7, 11) is 8.50. The van der Waals surface area contributed by atoms with Crippen molar-refractivity contribution >= 4 is 0 Å². The number of ether oxygens (including phenoxy) is 1. The Kier molecular flexibility index (Phi) is 8.97. The van der Waals surface area contributed by atoms with Gasteiger partial charge in [-0.3, -0.25) is 0 Å². The van der Waals surface area contributed by atoms with E-state index in [0.717, 1.165) is 4.48 Å². The Morgan fingerprint density at radius 2 is 1.06 bits per heavy atom. The van der Waals surface area contributed by atoms with Crippen LogP contribution in [-0.2, 0) is 4.74 Å². The van der Waals surface area contributed by atoms with Crippen LogP contribution in [0.5, 0.6) is 0 Å². The molecule has 0 saturated carbocycles. The van der Waals surface area contributed by atoms with E-state index in [2.05, 4.69) is 28.2 Å². The van der Waals surface area contributed by atoms with E-state index in [0.29, 0.717) is 12.8 Å². The monoisotopic (exact) mass is 264 g/mol. The highest BCUT2D eigenvalue weighted by atomic mass is 16.5. The Labute approximate surface area is 112 Å². The second-order valence-electron chi connectivity index (χ2n) is 6.03. The van der Waals surface area contributed by atoms with E-state index in [-0.39, 0.29) is 13.1 Å². The first-order valence-electron chi connectivity index (χ1n) is 6.42. The summed E-state index contributed by atoms with van der Waals surface area (Å²) in [4.78, 5) is 0. The number of nitrogens with two attached hydrogens (primary N) is 4. The highest BCUT2D eigenvalue weighted by Crippen LogP contribution is 2.16. The molecule has 0 radical (unpaired) electrons. The third kappa shape index (κ3) is 10.9. The van der Waals surface area contributed by atoms with E-state index >= 15 is 0 Å². The van der Waals surface area contributed by atoms with Crippen LogP contribution in [0.25, 0.3) is 0 Å². The van der Waals surface area contributed by atoms with Crippen molar-refractivity contribution in [1.29, 1.82) is 0 Å². The molecule has 0 rings (SSSR count). The van der Waals surface area contributed by atoms with E-state index in [1.807, 2.05) is 13.8 Å². The SMILES string of the molecule is CCC(N)(CN)OC(N)(CC)CN.C[N+](C)(C)C. The Hall–Kier alpha value is -0.240. The van der Waals surface area contributed by atoms with Gasteiger partial charge in [0, 0.05) is 13.1 Å². The van der Waals surface area contributed by atoms with Gasteiger partial charge in [-0.05, 0) is 12.8 Å². The molecule has 0 aromatic rings. The van der Waals surface area contributed by atoms with E-state index in [1.165, 1.54) is 0 Å². The van der Waals surface area contributed by atoms with Crippen LogP contribution in [0.2, 0.25) is 0 Å². The largest absolute Gasteiger partial charge is 0.338 e. The average Bonchev–Trinajstić information content (AvgIpc) is 2.26. The lowest BCUT2D eigenvalue weighted by Crippen LogP contribution is -2.60. The summed E-state index contributed by atoms with van der Waals surface area (Å²) in [6.07, 6.45) is 1.23. The number of hydrogen-bond donors (Lipinski definition) is 4. The molecule has 2 atom stereocenters. The summed E-state index contributed by atoms with van der Waals surface area (Å²) in [5.74, 6) is 0. The van der Waals surface area contributed by atoms with Gasteiger partial charge in [0.25, 0.3) is 0 Å². The zero-order valence-corrected chi connectivity index (χ0v) is 13.0. The molecule has 0 aromatic heterocycles. The molecule has 0 amide bonds. The third-order valence-corrected chi connectivity index (χ3v) is 2.29. The van der Waals surface area contributed by atoms with Gasteiger partial charge in [-0.25, -0.2) is 0 Å². The maximum absolute atomic E-state index is 5.85. The van der Waals surface area contributed by atoms with E-state index in [4.69, 9.17) is 27.7 Å². The van der Waals surface area contributed by atoms with Gasteiger partial charge in [0.15, 0.2) is 0 Å². The van der Waals surface area contributed by atoms with E-state index in [1.54, 1.807) is 0 Å². The van der Waals surface area contributed by atoms with Crippen molar-refractivity contribution in [2.45, 2.75) is 38.1 Å². The van der Waals surface area contributed by atoms with Gasteiger partial charge in [-0.15, -0.1) is 0 Å². The van der Waals surface area contributed by atoms with Crippen LogP contribution in [0.1, 0.15) is 26.7 Å². The van der Waals surface area contributed by atoms with Crippen molar-refractivity contribution in [2.24, 2.45) is 22.9 Å². The quantitative estimate of drug-likeness (QED) is 0.377. The first-order valence-corrected chi connectivity index (χ1v) is 6.42. The summed E-state index contributed by atoms with van der Waals surface area (Å²) >= 11 is 0. The summed E-state index contributed by atoms with van der Waals surface area (Å²) in [6, 6.07) is 0. The molecule has 6 nitrogen and oxygen atoms in total. The second kappa shape index (κ2) is 8.04. The maximum Gasteiger partial charge on any atom is 0.131 e. The standard InChI is InChI=1S/C8H22N4O.C4H12N/c1-3-7(11,5-9)13-8(12,4-2)6-10;1-5(2,3)4/h3-6,9-12H2,1-2H3;1-4H3/q;+1. The lowest BCUT2D eigenvalue weighted by atomic mass is 10.1. The van der Waals surface area contributed by atoms with Crippen LogP contribution >= 0.6 is 0 Å². The first kappa shape index (κ1) is 20.1. The lowest BCUT2D eigenvalue weighted by molar-refractivity contribution is -0.849. The number of quaternary nitrogens is 1. The molecule has 0 aliphatic carbocycles. The molecule has 0 bridgehead atoms. The third-order valence-electron chi connectivity index (χ3n) is 2.29. The van der Waals surface area contributed by atoms with Crippen LogP contribution in [0.4, 0.5) is 0 Å². The van der Waals surface area contributed by atoms with E-state index < -0.39 is 11.4 Å². The number of nitrogens with zero attached hydrogens (tertiary/aromatic N) is 1. The molecular formula is C12H34N5O+. The minimum atomic E-state index is -0.857. The van der Waals surface area contributed by atoms with Crippen LogP contribution in [0.15, 0.2) is 0 Å². The molecule has 0 spiro atoms. The van der Waals surface area contributed by atoms with Gasteiger partial charge in [0.1, 0.15) is 11.4 Å². The van der Waals surface area contributed by atoms with Crippen LogP contribution in [0.3, 0.4) is 0 Å². The normalized spacial score (nSPS) is 18.3. The molecule has 0 saturated heterocycles. The Bertz CT molecular complexity index is 185. The van der Waals surface area contributed by atoms with Crippen molar-refractivity contribution in [3.8, 4) is 0 Å². The molecular weight excluding hydrogens is 230 g/mol. The van der Waals surface area contributed by atoms with Crippen LogP contribution < -0.4 is 22.9 Å². The minimum absolute atomic E-state index is 0.239. The van der Waals surface area contributed by atoms with Gasteiger partial charge in [0.2, 0.25) is 0 Å². The molecule has 18 heavy (non-hydrogen) atoms. The van der Waals surface area contributed by atoms with Gasteiger partial charge >= 0.3 is 0 Å². The van der Waals surface area contributed by atoms with Gasteiger partial charge in [0.05, 0.1) is 28.2 Å². The molecule has 112 valence electrons. The van der Waals surface area contributed by atoms with Crippen LogP contribution in [-0.4, -0.2) is 57.2 Å². The maximum atomic E-state index is 5.85.